The summed E-state index contributed by atoms with van der Waals surface area (Å²) in [7, 11) is 0. The van der Waals surface area contributed by atoms with E-state index in [0.717, 1.165) is 36.4 Å². The van der Waals surface area contributed by atoms with Crippen LogP contribution < -0.4 is 15.2 Å². The van der Waals surface area contributed by atoms with Crippen molar-refractivity contribution in [3.05, 3.63) is 29.7 Å². The monoisotopic (exact) mass is 390 g/mol. The van der Waals surface area contributed by atoms with Gasteiger partial charge in [0.1, 0.15) is 13.2 Å². The Morgan fingerprint density at radius 2 is 1.93 bits per heavy atom. The van der Waals surface area contributed by atoms with Crippen molar-refractivity contribution < 1.29 is 14.0 Å². The lowest BCUT2D eigenvalue weighted by molar-refractivity contribution is 0.171. The van der Waals surface area contributed by atoms with Gasteiger partial charge < -0.3 is 19.7 Å². The Morgan fingerprint density at radius 1 is 1.15 bits per heavy atom. The summed E-state index contributed by atoms with van der Waals surface area (Å²) in [6.45, 7) is 2.99. The quantitative estimate of drug-likeness (QED) is 0.723. The highest BCUT2D eigenvalue weighted by atomic mass is 35.5. The second-order valence-corrected chi connectivity index (χ2v) is 6.70. The fourth-order valence-electron chi connectivity index (χ4n) is 3.24. The molecule has 1 aliphatic heterocycles. The van der Waals surface area contributed by atoms with Crippen LogP contribution in [0.5, 0.6) is 11.5 Å². The van der Waals surface area contributed by atoms with Crippen LogP contribution >= 0.6 is 12.4 Å². The molecule has 1 fully saturated rings. The standard InChI is InChI=1S/C17H18N6O3.ClH/c1-10-14(15-19-16(21-26-15)17(18)5-2-6-17)20-22-23(10)11-3-4-12-13(9-11)25-8-7-24-12;/h3-4,9H,2,5-8,18H2,1H3;1H. The minimum absolute atomic E-state index is 0. The highest BCUT2D eigenvalue weighted by Crippen LogP contribution is 2.38. The first-order chi connectivity index (χ1) is 12.6. The fourth-order valence-corrected chi connectivity index (χ4v) is 3.24. The molecule has 5 rings (SSSR count). The Kier molecular flexibility index (Phi) is 4.27. The van der Waals surface area contributed by atoms with Crippen LogP contribution in [-0.2, 0) is 5.54 Å². The maximum atomic E-state index is 6.26. The van der Waals surface area contributed by atoms with Gasteiger partial charge in [0.15, 0.2) is 23.0 Å². The third-order valence-electron chi connectivity index (χ3n) is 4.98. The van der Waals surface area contributed by atoms with E-state index in [9.17, 15) is 0 Å². The van der Waals surface area contributed by atoms with Crippen LogP contribution in [0.15, 0.2) is 22.7 Å². The zero-order valence-electron chi connectivity index (χ0n) is 14.7. The fraction of sp³-hybridized carbons (Fsp3) is 0.412. The predicted molar refractivity (Wildman–Crippen MR) is 97.3 cm³/mol. The summed E-state index contributed by atoms with van der Waals surface area (Å²) in [6, 6.07) is 5.65. The van der Waals surface area contributed by atoms with E-state index in [1.54, 1.807) is 4.68 Å². The summed E-state index contributed by atoms with van der Waals surface area (Å²) in [5, 5.41) is 12.5. The van der Waals surface area contributed by atoms with E-state index in [4.69, 9.17) is 19.7 Å². The summed E-state index contributed by atoms with van der Waals surface area (Å²) < 4.78 is 18.3. The van der Waals surface area contributed by atoms with Crippen LogP contribution in [0.1, 0.15) is 30.8 Å². The lowest BCUT2D eigenvalue weighted by Gasteiger charge is -2.34. The summed E-state index contributed by atoms with van der Waals surface area (Å²) in [4.78, 5) is 4.45. The Labute approximate surface area is 161 Å². The van der Waals surface area contributed by atoms with E-state index < -0.39 is 5.54 Å². The molecular weight excluding hydrogens is 372 g/mol. The smallest absolute Gasteiger partial charge is 0.280 e. The van der Waals surface area contributed by atoms with Crippen molar-refractivity contribution in [1.29, 1.82) is 0 Å². The van der Waals surface area contributed by atoms with Crippen LogP contribution in [0.2, 0.25) is 0 Å². The number of hydrogen-bond acceptors (Lipinski definition) is 8. The number of nitrogens with zero attached hydrogens (tertiary/aromatic N) is 5. The minimum atomic E-state index is -0.471. The molecule has 2 aliphatic rings. The van der Waals surface area contributed by atoms with Crippen molar-refractivity contribution in [2.24, 2.45) is 5.73 Å². The molecule has 1 saturated carbocycles. The first-order valence-electron chi connectivity index (χ1n) is 8.60. The van der Waals surface area contributed by atoms with Gasteiger partial charge in [-0.2, -0.15) is 4.98 Å². The van der Waals surface area contributed by atoms with Crippen molar-refractivity contribution in [2.75, 3.05) is 13.2 Å². The number of fused-ring (bicyclic) bond motifs is 1. The molecule has 2 aromatic heterocycles. The lowest BCUT2D eigenvalue weighted by atomic mass is 9.77. The Balaban J connectivity index is 0.00000180. The van der Waals surface area contributed by atoms with Gasteiger partial charge in [-0.25, -0.2) is 4.68 Å². The number of ether oxygens (including phenoxy) is 2. The summed E-state index contributed by atoms with van der Waals surface area (Å²) >= 11 is 0. The first kappa shape index (κ1) is 17.7. The molecule has 0 unspecified atom stereocenters. The van der Waals surface area contributed by atoms with E-state index in [-0.39, 0.29) is 12.4 Å². The van der Waals surface area contributed by atoms with E-state index in [1.807, 2.05) is 25.1 Å². The average Bonchev–Trinajstić information content (AvgIpc) is 3.26. The van der Waals surface area contributed by atoms with Crippen LogP contribution in [0.4, 0.5) is 0 Å². The van der Waals surface area contributed by atoms with Gasteiger partial charge in [-0.1, -0.05) is 10.4 Å². The number of hydrogen-bond donors (Lipinski definition) is 1. The second-order valence-electron chi connectivity index (χ2n) is 6.70. The molecule has 2 N–H and O–H groups in total. The SMILES string of the molecule is Cc1c(-c2nc(C3(N)CCC3)no2)nnn1-c1ccc2c(c1)OCCO2.Cl. The maximum Gasteiger partial charge on any atom is 0.280 e. The van der Waals surface area contributed by atoms with E-state index in [1.165, 1.54) is 0 Å². The van der Waals surface area contributed by atoms with E-state index >= 15 is 0 Å². The molecule has 0 radical (unpaired) electrons. The second kappa shape index (κ2) is 6.50. The topological polar surface area (TPSA) is 114 Å². The maximum absolute atomic E-state index is 6.26. The zero-order chi connectivity index (χ0) is 17.7. The van der Waals surface area contributed by atoms with Crippen LogP contribution in [0, 0.1) is 6.92 Å². The number of rotatable bonds is 3. The molecule has 3 heterocycles. The number of benzene rings is 1. The van der Waals surface area contributed by atoms with Gasteiger partial charge in [0.05, 0.1) is 16.9 Å². The molecule has 0 atom stereocenters. The zero-order valence-corrected chi connectivity index (χ0v) is 15.5. The van der Waals surface area contributed by atoms with E-state index in [2.05, 4.69) is 20.5 Å². The van der Waals surface area contributed by atoms with Gasteiger partial charge in [-0.3, -0.25) is 0 Å². The van der Waals surface area contributed by atoms with Gasteiger partial charge in [-0.15, -0.1) is 17.5 Å². The summed E-state index contributed by atoms with van der Waals surface area (Å²) in [5.74, 6) is 2.29. The molecule has 0 spiro atoms. The number of halogens is 1. The molecule has 1 aromatic carbocycles. The largest absolute Gasteiger partial charge is 0.486 e. The Hall–Kier alpha value is -2.65. The third kappa shape index (κ3) is 2.83. The van der Waals surface area contributed by atoms with Crippen LogP contribution in [0.3, 0.4) is 0 Å². The summed E-state index contributed by atoms with van der Waals surface area (Å²) in [6.07, 6.45) is 2.82. The number of nitrogens with two attached hydrogens (primary N) is 1. The molecule has 27 heavy (non-hydrogen) atoms. The normalized spacial score (nSPS) is 17.1. The highest BCUT2D eigenvalue weighted by molar-refractivity contribution is 5.85. The predicted octanol–water partition coefficient (Wildman–Crippen LogP) is 2.16. The van der Waals surface area contributed by atoms with Gasteiger partial charge in [-0.05, 0) is 38.3 Å². The molecule has 10 heteroatoms. The van der Waals surface area contributed by atoms with Crippen molar-refractivity contribution in [3.8, 4) is 28.8 Å². The molecule has 142 valence electrons. The molecule has 9 nitrogen and oxygen atoms in total. The first-order valence-corrected chi connectivity index (χ1v) is 8.60. The van der Waals surface area contributed by atoms with Crippen molar-refractivity contribution in [2.45, 2.75) is 31.7 Å². The van der Waals surface area contributed by atoms with Gasteiger partial charge in [0.2, 0.25) is 0 Å². The third-order valence-corrected chi connectivity index (χ3v) is 4.98. The summed E-state index contributed by atoms with van der Waals surface area (Å²) in [5.41, 5.74) is 7.94. The molecule has 0 amide bonds. The average molecular weight is 391 g/mol. The van der Waals surface area contributed by atoms with Crippen molar-refractivity contribution in [1.82, 2.24) is 25.1 Å². The Morgan fingerprint density at radius 3 is 2.67 bits per heavy atom. The van der Waals surface area contributed by atoms with Crippen molar-refractivity contribution in [3.63, 3.8) is 0 Å². The molecule has 0 bridgehead atoms. The minimum Gasteiger partial charge on any atom is -0.486 e. The van der Waals surface area contributed by atoms with Gasteiger partial charge in [0.25, 0.3) is 5.89 Å². The number of aromatic nitrogens is 5. The molecule has 1 aliphatic carbocycles. The molecule has 0 saturated heterocycles. The lowest BCUT2D eigenvalue weighted by Crippen LogP contribution is -2.44. The van der Waals surface area contributed by atoms with Crippen molar-refractivity contribution >= 4 is 12.4 Å². The van der Waals surface area contributed by atoms with Gasteiger partial charge in [0, 0.05) is 6.07 Å². The van der Waals surface area contributed by atoms with Gasteiger partial charge >= 0.3 is 0 Å². The highest BCUT2D eigenvalue weighted by Gasteiger charge is 2.39. The van der Waals surface area contributed by atoms with Crippen LogP contribution in [0.25, 0.3) is 17.3 Å². The molecule has 3 aromatic rings. The van der Waals surface area contributed by atoms with E-state index in [0.29, 0.717) is 36.4 Å². The van der Waals surface area contributed by atoms with Crippen LogP contribution in [-0.4, -0.2) is 38.3 Å². The molecular formula is C17H19ClN6O3. The Bertz CT molecular complexity index is 981.